The molecular weight excluding hydrogens is 572 g/mol. The van der Waals surface area contributed by atoms with Crippen molar-refractivity contribution in [3.63, 3.8) is 0 Å². The van der Waals surface area contributed by atoms with Gasteiger partial charge in [0.15, 0.2) is 0 Å². The van der Waals surface area contributed by atoms with Crippen molar-refractivity contribution in [2.45, 2.75) is 193 Å². The molecule has 46 heavy (non-hydrogen) atoms. The van der Waals surface area contributed by atoms with Crippen LogP contribution in [0.5, 0.6) is 0 Å². The molecule has 0 saturated carbocycles. The van der Waals surface area contributed by atoms with Crippen molar-refractivity contribution in [1.82, 2.24) is 9.80 Å². The number of hydrogen-bond donors (Lipinski definition) is 0. The summed E-state index contributed by atoms with van der Waals surface area (Å²) in [5.74, 6) is -0.140. The average molecular weight is 650 g/mol. The van der Waals surface area contributed by atoms with Gasteiger partial charge in [0.25, 0.3) is 0 Å². The van der Waals surface area contributed by atoms with Crippen molar-refractivity contribution in [2.75, 3.05) is 45.9 Å². The molecule has 0 amide bonds. The second kappa shape index (κ2) is 32.4. The van der Waals surface area contributed by atoms with E-state index in [1.54, 1.807) is 0 Å². The first kappa shape index (κ1) is 42.9. The van der Waals surface area contributed by atoms with Crippen LogP contribution in [0.3, 0.4) is 0 Å². The van der Waals surface area contributed by atoms with Gasteiger partial charge >= 0.3 is 11.9 Å². The number of esters is 2. The Morgan fingerprint density at radius 3 is 1.28 bits per heavy atom. The van der Waals surface area contributed by atoms with E-state index in [9.17, 15) is 9.59 Å². The van der Waals surface area contributed by atoms with Crippen LogP contribution in [0, 0.1) is 6.92 Å². The van der Waals surface area contributed by atoms with E-state index >= 15 is 0 Å². The first-order chi connectivity index (χ1) is 22.6. The Labute approximate surface area is 286 Å². The molecule has 0 N–H and O–H groups in total. The van der Waals surface area contributed by atoms with Crippen LogP contribution in [0.15, 0.2) is 0 Å². The van der Waals surface area contributed by atoms with Gasteiger partial charge in [-0.15, -0.1) is 0 Å². The van der Waals surface area contributed by atoms with Gasteiger partial charge in [0.05, 0.1) is 0 Å². The third-order valence-electron chi connectivity index (χ3n) is 9.80. The van der Waals surface area contributed by atoms with Gasteiger partial charge in [-0.3, -0.25) is 14.5 Å². The van der Waals surface area contributed by atoms with E-state index in [4.69, 9.17) is 9.47 Å². The molecule has 1 aliphatic heterocycles. The highest BCUT2D eigenvalue weighted by atomic mass is 16.5. The summed E-state index contributed by atoms with van der Waals surface area (Å²) in [5, 5.41) is 0. The number of carbonyl (C=O) groups excluding carboxylic acids is 2. The topological polar surface area (TPSA) is 59.1 Å². The minimum absolute atomic E-state index is 0.0699. The molecule has 1 radical (unpaired) electrons. The van der Waals surface area contributed by atoms with Crippen LogP contribution < -0.4 is 0 Å². The molecule has 0 aliphatic carbocycles. The molecule has 0 spiro atoms. The lowest BCUT2D eigenvalue weighted by molar-refractivity contribution is -0.145. The molecule has 271 valence electrons. The molecule has 0 aromatic heterocycles. The summed E-state index contributed by atoms with van der Waals surface area (Å²) in [6, 6.07) is 0.441. The Bertz CT molecular complexity index is 636. The predicted octanol–water partition coefficient (Wildman–Crippen LogP) is 10.5. The zero-order chi connectivity index (χ0) is 33.3. The quantitative estimate of drug-likeness (QED) is 0.0521. The van der Waals surface area contributed by atoms with Crippen LogP contribution in [0.25, 0.3) is 0 Å². The monoisotopic (exact) mass is 650 g/mol. The van der Waals surface area contributed by atoms with Gasteiger partial charge < -0.3 is 14.4 Å². The number of ether oxygens (including phenoxy) is 2. The van der Waals surface area contributed by atoms with Gasteiger partial charge in [-0.1, -0.05) is 149 Å². The van der Waals surface area contributed by atoms with Crippen molar-refractivity contribution in [1.29, 1.82) is 0 Å². The Balaban J connectivity index is 2.20. The van der Waals surface area contributed by atoms with E-state index in [2.05, 4.69) is 30.6 Å². The lowest BCUT2D eigenvalue weighted by Gasteiger charge is -2.38. The second-order valence-electron chi connectivity index (χ2n) is 14.0. The summed E-state index contributed by atoms with van der Waals surface area (Å²) in [6.45, 7) is 14.0. The largest absolute Gasteiger partial charge is 0.464 e. The van der Waals surface area contributed by atoms with E-state index in [-0.39, 0.29) is 11.9 Å². The summed E-state index contributed by atoms with van der Waals surface area (Å²) < 4.78 is 11.3. The van der Waals surface area contributed by atoms with Crippen LogP contribution in [0.2, 0.25) is 0 Å². The van der Waals surface area contributed by atoms with Crippen LogP contribution in [-0.4, -0.2) is 73.7 Å². The molecule has 0 aromatic carbocycles. The molecule has 1 aliphatic rings. The highest BCUT2D eigenvalue weighted by Crippen LogP contribution is 2.18. The Kier molecular flexibility index (Phi) is 30.2. The number of piperidine rings is 1. The maximum absolute atomic E-state index is 12.4. The fraction of sp³-hybridized carbons (Fsp3) is 0.925. The highest BCUT2D eigenvalue weighted by molar-refractivity contribution is 5.69. The number of rotatable bonds is 33. The lowest BCUT2D eigenvalue weighted by Crippen LogP contribution is -2.47. The normalized spacial score (nSPS) is 14.3. The predicted molar refractivity (Wildman–Crippen MR) is 195 cm³/mol. The van der Waals surface area contributed by atoms with Crippen molar-refractivity contribution in [3.8, 4) is 0 Å². The van der Waals surface area contributed by atoms with Crippen molar-refractivity contribution in [3.05, 3.63) is 6.92 Å². The van der Waals surface area contributed by atoms with E-state index < -0.39 is 0 Å². The van der Waals surface area contributed by atoms with Crippen LogP contribution in [-0.2, 0) is 19.1 Å². The summed E-state index contributed by atoms with van der Waals surface area (Å²) in [6.07, 6.45) is 32.3. The smallest absolute Gasteiger partial charge is 0.305 e. The van der Waals surface area contributed by atoms with Crippen molar-refractivity contribution >= 4 is 11.9 Å². The van der Waals surface area contributed by atoms with Crippen molar-refractivity contribution in [2.24, 2.45) is 0 Å². The fourth-order valence-electron chi connectivity index (χ4n) is 6.77. The number of carbonyl (C=O) groups is 2. The highest BCUT2D eigenvalue weighted by Gasteiger charge is 2.24. The molecule has 1 fully saturated rings. The minimum atomic E-state index is -0.0699. The van der Waals surface area contributed by atoms with Crippen LogP contribution in [0.4, 0.5) is 0 Å². The molecular formula is C40H77N2O4. The Morgan fingerprint density at radius 1 is 0.587 bits per heavy atom. The van der Waals surface area contributed by atoms with E-state index in [0.717, 1.165) is 64.6 Å². The lowest BCUT2D eigenvalue weighted by atomic mass is 10.0. The van der Waals surface area contributed by atoms with Gasteiger partial charge in [0, 0.05) is 32.0 Å². The minimum Gasteiger partial charge on any atom is -0.464 e. The standard InChI is InChI=1S/C40H77N2O4/c1-4-7-9-11-13-15-17-19-21-23-25-27-39(43)45-36-34-42(38-29-32-41(31-6-3)33-30-38)35-37-46-40(44)28-26-24-22-20-18-16-14-12-10-8-5-2/h38H,3-37H2,1-2H3. The molecule has 1 saturated heterocycles. The summed E-state index contributed by atoms with van der Waals surface area (Å²) in [5.41, 5.74) is 0. The zero-order valence-corrected chi connectivity index (χ0v) is 30.9. The molecule has 1 heterocycles. The number of hydrogen-bond acceptors (Lipinski definition) is 6. The maximum atomic E-state index is 12.4. The van der Waals surface area contributed by atoms with Crippen molar-refractivity contribution < 1.29 is 19.1 Å². The molecule has 0 unspecified atom stereocenters. The Hall–Kier alpha value is -1.14. The third-order valence-corrected chi connectivity index (χ3v) is 9.80. The number of unbranched alkanes of at least 4 members (excludes halogenated alkanes) is 20. The second-order valence-corrected chi connectivity index (χ2v) is 14.0. The molecule has 1 rings (SSSR count). The van der Waals surface area contributed by atoms with Crippen LogP contribution >= 0.6 is 0 Å². The summed E-state index contributed by atoms with van der Waals surface area (Å²) >= 11 is 0. The molecule has 0 aromatic rings. The van der Waals surface area contributed by atoms with Gasteiger partial charge in [0.2, 0.25) is 0 Å². The maximum Gasteiger partial charge on any atom is 0.305 e. The van der Waals surface area contributed by atoms with Gasteiger partial charge in [0.1, 0.15) is 13.2 Å². The molecule has 6 nitrogen and oxygen atoms in total. The zero-order valence-electron chi connectivity index (χ0n) is 30.9. The van der Waals surface area contributed by atoms with Gasteiger partial charge in [-0.2, -0.15) is 0 Å². The SMILES string of the molecule is [CH2]CCN1CCC(N(CCOC(=O)CCCCCCCCCCCCC)CCOC(=O)CCCCCCCCCCCCC)CC1. The first-order valence-electron chi connectivity index (χ1n) is 20.2. The van der Waals surface area contributed by atoms with E-state index in [0.29, 0.717) is 45.2 Å². The summed E-state index contributed by atoms with van der Waals surface area (Å²) in [4.78, 5) is 29.7. The van der Waals surface area contributed by atoms with Gasteiger partial charge in [-0.25, -0.2) is 0 Å². The van der Waals surface area contributed by atoms with E-state index in [1.165, 1.54) is 116 Å². The Morgan fingerprint density at radius 2 is 0.935 bits per heavy atom. The van der Waals surface area contributed by atoms with Crippen LogP contribution in [0.1, 0.15) is 187 Å². The molecule has 6 heteroatoms. The van der Waals surface area contributed by atoms with Gasteiger partial charge in [-0.05, 0) is 51.7 Å². The first-order valence-corrected chi connectivity index (χ1v) is 20.2. The number of likely N-dealkylation sites (tertiary alicyclic amines) is 1. The summed E-state index contributed by atoms with van der Waals surface area (Å²) in [7, 11) is 0. The van der Waals surface area contributed by atoms with E-state index in [1.807, 2.05) is 0 Å². The third kappa shape index (κ3) is 25.9. The fourth-order valence-corrected chi connectivity index (χ4v) is 6.77. The number of nitrogens with zero attached hydrogens (tertiary/aromatic N) is 2. The average Bonchev–Trinajstić information content (AvgIpc) is 3.06. The molecule has 0 atom stereocenters. The molecule has 0 bridgehead atoms.